The normalized spacial score (nSPS) is 10.0. The van der Waals surface area contributed by atoms with Crippen LogP contribution >= 0.6 is 0 Å². The Kier molecular flexibility index (Phi) is 5.32. The number of nitrogens with zero attached hydrogens (tertiary/aromatic N) is 2. The monoisotopic (exact) mass is 220 g/mol. The highest BCUT2D eigenvalue weighted by Crippen LogP contribution is 2.20. The second-order valence-electron chi connectivity index (χ2n) is 3.59. The first-order valence-corrected chi connectivity index (χ1v) is 5.73. The van der Waals surface area contributed by atoms with Crippen LogP contribution in [0.5, 0.6) is 0 Å². The molecule has 0 bridgehead atoms. The lowest BCUT2D eigenvalue weighted by Gasteiger charge is -2.10. The van der Waals surface area contributed by atoms with Crippen molar-refractivity contribution in [2.75, 3.05) is 12.4 Å². The second-order valence-corrected chi connectivity index (χ2v) is 3.59. The van der Waals surface area contributed by atoms with E-state index in [4.69, 9.17) is 0 Å². The van der Waals surface area contributed by atoms with E-state index in [1.807, 2.05) is 25.4 Å². The van der Waals surface area contributed by atoms with Gasteiger partial charge in [0.25, 0.3) is 0 Å². The average Bonchev–Trinajstić information content (AvgIpc) is 2.42. The third-order valence-electron chi connectivity index (χ3n) is 2.62. The molecule has 0 aromatic carbocycles. The first-order valence-electron chi connectivity index (χ1n) is 5.73. The van der Waals surface area contributed by atoms with E-state index in [0.29, 0.717) is 5.92 Å². The molecule has 16 heavy (non-hydrogen) atoms. The zero-order valence-corrected chi connectivity index (χ0v) is 10.2. The molecule has 4 nitrogen and oxygen atoms in total. The van der Waals surface area contributed by atoms with Crippen molar-refractivity contribution in [3.63, 3.8) is 0 Å². The molecule has 2 N–H and O–H groups in total. The SMILES string of the molecule is CCC(CC)c1cc[nH]nccc(NC)n1. The van der Waals surface area contributed by atoms with Gasteiger partial charge in [-0.2, -0.15) is 5.10 Å². The van der Waals surface area contributed by atoms with Crippen molar-refractivity contribution in [3.8, 4) is 0 Å². The molecule has 4 heteroatoms. The Balaban J connectivity index is 3.22. The van der Waals surface area contributed by atoms with Crippen LogP contribution in [0.3, 0.4) is 0 Å². The van der Waals surface area contributed by atoms with Gasteiger partial charge in [0.15, 0.2) is 0 Å². The largest absolute Gasteiger partial charge is 0.373 e. The predicted molar refractivity (Wildman–Crippen MR) is 66.9 cm³/mol. The van der Waals surface area contributed by atoms with E-state index in [9.17, 15) is 0 Å². The molecule has 0 saturated heterocycles. The lowest BCUT2D eigenvalue weighted by molar-refractivity contribution is 0.624. The molecule has 0 aliphatic rings. The highest BCUT2D eigenvalue weighted by molar-refractivity contribution is 5.31. The summed E-state index contributed by atoms with van der Waals surface area (Å²) >= 11 is 0. The summed E-state index contributed by atoms with van der Waals surface area (Å²) < 4.78 is 0. The fraction of sp³-hybridized carbons (Fsp3) is 0.500. The van der Waals surface area contributed by atoms with Gasteiger partial charge in [-0.3, -0.25) is 5.10 Å². The zero-order valence-electron chi connectivity index (χ0n) is 10.2. The summed E-state index contributed by atoms with van der Waals surface area (Å²) in [6.45, 7) is 4.37. The Labute approximate surface area is 96.8 Å². The third kappa shape index (κ3) is 3.53. The number of H-pyrrole nitrogens is 1. The van der Waals surface area contributed by atoms with E-state index in [1.54, 1.807) is 6.20 Å². The fourth-order valence-corrected chi connectivity index (χ4v) is 1.60. The molecule has 0 spiro atoms. The number of aromatic nitrogens is 3. The molecule has 1 heterocycles. The van der Waals surface area contributed by atoms with Crippen molar-refractivity contribution in [3.05, 3.63) is 30.2 Å². The van der Waals surface area contributed by atoms with Gasteiger partial charge in [0.1, 0.15) is 5.82 Å². The molecule has 0 aliphatic heterocycles. The van der Waals surface area contributed by atoms with E-state index in [1.165, 1.54) is 0 Å². The van der Waals surface area contributed by atoms with Crippen molar-refractivity contribution in [1.82, 2.24) is 15.2 Å². The number of hydrogen-bond acceptors (Lipinski definition) is 3. The van der Waals surface area contributed by atoms with E-state index >= 15 is 0 Å². The Bertz CT molecular complexity index is 354. The minimum Gasteiger partial charge on any atom is -0.373 e. The van der Waals surface area contributed by atoms with Gasteiger partial charge in [-0.1, -0.05) is 13.8 Å². The van der Waals surface area contributed by atoms with Crippen LogP contribution in [-0.4, -0.2) is 22.2 Å². The van der Waals surface area contributed by atoms with Crippen LogP contribution in [0, 0.1) is 0 Å². The van der Waals surface area contributed by atoms with Gasteiger partial charge < -0.3 is 5.32 Å². The number of aromatic amines is 1. The molecular weight excluding hydrogens is 200 g/mol. The minimum atomic E-state index is 0.493. The fourth-order valence-electron chi connectivity index (χ4n) is 1.60. The van der Waals surface area contributed by atoms with Crippen LogP contribution in [0.25, 0.3) is 0 Å². The summed E-state index contributed by atoms with van der Waals surface area (Å²) in [6.07, 6.45) is 5.70. The quantitative estimate of drug-likeness (QED) is 0.820. The summed E-state index contributed by atoms with van der Waals surface area (Å²) in [7, 11) is 1.86. The summed E-state index contributed by atoms with van der Waals surface area (Å²) in [6, 6.07) is 3.84. The number of nitrogens with one attached hydrogen (secondary N) is 2. The van der Waals surface area contributed by atoms with E-state index in [2.05, 4.69) is 34.3 Å². The first kappa shape index (κ1) is 12.5. The van der Waals surface area contributed by atoms with Gasteiger partial charge in [0.05, 0.1) is 6.20 Å². The van der Waals surface area contributed by atoms with Crippen LogP contribution in [0.15, 0.2) is 24.5 Å². The number of rotatable bonds is 4. The van der Waals surface area contributed by atoms with E-state index in [-0.39, 0.29) is 0 Å². The van der Waals surface area contributed by atoms with E-state index in [0.717, 1.165) is 24.4 Å². The standard InChI is InChI=1S/C12H20N4/c1-4-10(5-2)11-6-8-14-15-9-7-12(13-3)16-11/h6-10,13-14H,4-5H2,1-3H3. The summed E-state index contributed by atoms with van der Waals surface area (Å²) in [5.41, 5.74) is 1.09. The molecule has 0 saturated carbocycles. The zero-order chi connectivity index (χ0) is 11.8. The summed E-state index contributed by atoms with van der Waals surface area (Å²) in [5, 5.41) is 9.88. The van der Waals surface area contributed by atoms with E-state index < -0.39 is 0 Å². The number of anilines is 1. The van der Waals surface area contributed by atoms with Crippen LogP contribution in [-0.2, 0) is 0 Å². The molecule has 1 aromatic rings. The molecule has 0 radical (unpaired) electrons. The number of hydrogen-bond donors (Lipinski definition) is 2. The van der Waals surface area contributed by atoms with Crippen LogP contribution in [0.1, 0.15) is 38.3 Å². The molecule has 0 amide bonds. The van der Waals surface area contributed by atoms with Gasteiger partial charge >= 0.3 is 0 Å². The van der Waals surface area contributed by atoms with Gasteiger partial charge in [-0.15, -0.1) is 0 Å². The highest BCUT2D eigenvalue weighted by Gasteiger charge is 2.06. The molecule has 0 fully saturated rings. The lowest BCUT2D eigenvalue weighted by Crippen LogP contribution is -1.99. The Morgan fingerprint density at radius 1 is 1.31 bits per heavy atom. The molecule has 0 atom stereocenters. The minimum absolute atomic E-state index is 0.493. The molecule has 0 aliphatic carbocycles. The average molecular weight is 220 g/mol. The lowest BCUT2D eigenvalue weighted by atomic mass is 10.00. The van der Waals surface area contributed by atoms with Crippen LogP contribution in [0.2, 0.25) is 0 Å². The maximum atomic E-state index is 4.60. The molecular formula is C12H20N4. The van der Waals surface area contributed by atoms with Crippen molar-refractivity contribution in [1.29, 1.82) is 0 Å². The first-order chi connectivity index (χ1) is 7.81. The van der Waals surface area contributed by atoms with Crippen molar-refractivity contribution in [2.24, 2.45) is 0 Å². The molecule has 1 rings (SSSR count). The maximum Gasteiger partial charge on any atom is 0.127 e. The molecule has 1 aromatic heterocycles. The predicted octanol–water partition coefficient (Wildman–Crippen LogP) is 2.87. The smallest absolute Gasteiger partial charge is 0.127 e. The van der Waals surface area contributed by atoms with Crippen molar-refractivity contribution in [2.45, 2.75) is 32.6 Å². The second kappa shape index (κ2) is 6.82. The van der Waals surface area contributed by atoms with Gasteiger partial charge in [0, 0.05) is 30.9 Å². The van der Waals surface area contributed by atoms with Gasteiger partial charge in [0.2, 0.25) is 0 Å². The van der Waals surface area contributed by atoms with Crippen LogP contribution < -0.4 is 5.32 Å². The van der Waals surface area contributed by atoms with Gasteiger partial charge in [-0.05, 0) is 18.9 Å². The third-order valence-corrected chi connectivity index (χ3v) is 2.62. The van der Waals surface area contributed by atoms with Crippen molar-refractivity contribution < 1.29 is 0 Å². The van der Waals surface area contributed by atoms with Crippen LogP contribution in [0.4, 0.5) is 5.82 Å². The van der Waals surface area contributed by atoms with Crippen molar-refractivity contribution >= 4 is 5.82 Å². The summed E-state index contributed by atoms with van der Waals surface area (Å²) in [5.74, 6) is 1.33. The molecule has 88 valence electrons. The summed E-state index contributed by atoms with van der Waals surface area (Å²) in [4.78, 5) is 4.60. The van der Waals surface area contributed by atoms with Gasteiger partial charge in [-0.25, -0.2) is 4.98 Å². The highest BCUT2D eigenvalue weighted by atomic mass is 15.1. The Morgan fingerprint density at radius 2 is 2.06 bits per heavy atom. The molecule has 0 unspecified atom stereocenters. The maximum absolute atomic E-state index is 4.60. The Hall–Kier alpha value is -1.58. The Morgan fingerprint density at radius 3 is 2.69 bits per heavy atom. The topological polar surface area (TPSA) is 53.6 Å².